The largest absolute Gasteiger partial charge is 0.383 e. The molecule has 2 rings (SSSR count). The Kier molecular flexibility index (Phi) is 3.33. The van der Waals surface area contributed by atoms with Crippen LogP contribution in [0.2, 0.25) is 0 Å². The van der Waals surface area contributed by atoms with Crippen molar-refractivity contribution >= 4 is 10.9 Å². The summed E-state index contributed by atoms with van der Waals surface area (Å²) in [5.41, 5.74) is 3.45. The van der Waals surface area contributed by atoms with Crippen LogP contribution >= 0.6 is 0 Å². The summed E-state index contributed by atoms with van der Waals surface area (Å²) < 4.78 is 0. The first kappa shape index (κ1) is 11.5. The second kappa shape index (κ2) is 4.91. The molecule has 0 aliphatic carbocycles. The summed E-state index contributed by atoms with van der Waals surface area (Å²) in [6.07, 6.45) is 4.91. The molecule has 2 N–H and O–H groups in total. The van der Waals surface area contributed by atoms with Gasteiger partial charge in [0, 0.05) is 28.8 Å². The van der Waals surface area contributed by atoms with Crippen molar-refractivity contribution < 1.29 is 0 Å². The van der Waals surface area contributed by atoms with Crippen LogP contribution in [-0.4, -0.2) is 11.0 Å². The number of aromatic amines is 1. The van der Waals surface area contributed by atoms with Crippen LogP contribution in [0.15, 0.2) is 55.4 Å². The highest BCUT2D eigenvalue weighted by Crippen LogP contribution is 2.19. The summed E-state index contributed by atoms with van der Waals surface area (Å²) >= 11 is 0. The molecule has 0 bridgehead atoms. The minimum Gasteiger partial charge on any atom is -0.383 e. The first-order valence-electron chi connectivity index (χ1n) is 5.80. The van der Waals surface area contributed by atoms with Crippen molar-refractivity contribution in [3.63, 3.8) is 0 Å². The highest BCUT2D eigenvalue weighted by Gasteiger charge is 2.08. The summed E-state index contributed by atoms with van der Waals surface area (Å²) in [5.74, 6) is 0. The van der Waals surface area contributed by atoms with Crippen molar-refractivity contribution in [3.05, 3.63) is 61.0 Å². The van der Waals surface area contributed by atoms with Gasteiger partial charge in [-0.2, -0.15) is 0 Å². The van der Waals surface area contributed by atoms with Crippen LogP contribution in [0.5, 0.6) is 0 Å². The number of fused-ring (bicyclic) bond motifs is 1. The van der Waals surface area contributed by atoms with E-state index in [1.54, 1.807) is 0 Å². The molecule has 1 aromatic carbocycles. The number of nitrogens with one attached hydrogen (secondary N) is 2. The van der Waals surface area contributed by atoms with Crippen molar-refractivity contribution in [2.75, 3.05) is 0 Å². The van der Waals surface area contributed by atoms with E-state index >= 15 is 0 Å². The van der Waals surface area contributed by atoms with Crippen LogP contribution in [-0.2, 0) is 6.42 Å². The lowest BCUT2D eigenvalue weighted by atomic mass is 10.0. The molecule has 0 aliphatic rings. The average Bonchev–Trinajstić information content (AvgIpc) is 2.71. The summed E-state index contributed by atoms with van der Waals surface area (Å²) in [7, 11) is 0. The van der Waals surface area contributed by atoms with E-state index in [0.29, 0.717) is 0 Å². The topological polar surface area (TPSA) is 27.8 Å². The minimum atomic E-state index is 0.228. The van der Waals surface area contributed by atoms with Crippen molar-refractivity contribution in [2.24, 2.45) is 0 Å². The fraction of sp³-hybridized carbons (Fsp3) is 0.200. The molecule has 0 saturated heterocycles. The molecule has 2 heteroatoms. The number of aromatic nitrogens is 1. The first-order chi connectivity index (χ1) is 8.20. The maximum absolute atomic E-state index is 3.87. The van der Waals surface area contributed by atoms with Gasteiger partial charge in [-0.05, 0) is 25.0 Å². The van der Waals surface area contributed by atoms with Gasteiger partial charge in [-0.3, -0.25) is 0 Å². The summed E-state index contributed by atoms with van der Waals surface area (Å²) in [4.78, 5) is 3.29. The van der Waals surface area contributed by atoms with E-state index in [1.807, 2.05) is 19.1 Å². The second-order valence-electron chi connectivity index (χ2n) is 4.33. The lowest BCUT2D eigenvalue weighted by Crippen LogP contribution is -2.26. The van der Waals surface area contributed by atoms with E-state index in [9.17, 15) is 0 Å². The zero-order chi connectivity index (χ0) is 12.3. The Balaban J connectivity index is 2.22. The van der Waals surface area contributed by atoms with Gasteiger partial charge in [0.2, 0.25) is 0 Å². The number of benzene rings is 1. The zero-order valence-electron chi connectivity index (χ0n) is 10.2. The lowest BCUT2D eigenvalue weighted by molar-refractivity contribution is 0.671. The smallest absolute Gasteiger partial charge is 0.0479 e. The molecule has 0 amide bonds. The number of allylic oxidation sites excluding steroid dienone is 1. The number of para-hydroxylation sites is 1. The fourth-order valence-corrected chi connectivity index (χ4v) is 2.05. The zero-order valence-corrected chi connectivity index (χ0v) is 10.2. The third-order valence-electron chi connectivity index (χ3n) is 2.83. The van der Waals surface area contributed by atoms with Crippen LogP contribution in [0.25, 0.3) is 10.9 Å². The predicted octanol–water partition coefficient (Wildman–Crippen LogP) is 3.39. The highest BCUT2D eigenvalue weighted by molar-refractivity contribution is 5.83. The van der Waals surface area contributed by atoms with Crippen LogP contribution in [0, 0.1) is 0 Å². The van der Waals surface area contributed by atoms with E-state index in [-0.39, 0.29) is 6.04 Å². The third kappa shape index (κ3) is 2.59. The molecule has 17 heavy (non-hydrogen) atoms. The molecule has 0 fully saturated rings. The first-order valence-corrected chi connectivity index (χ1v) is 5.80. The Labute approximate surface area is 102 Å². The Morgan fingerprint density at radius 2 is 2.24 bits per heavy atom. The number of hydrogen-bond donors (Lipinski definition) is 2. The van der Waals surface area contributed by atoms with Gasteiger partial charge < -0.3 is 10.3 Å². The Bertz CT molecular complexity index is 537. The standard InChI is InChI=1S/C15H18N2/c1-4-13(17-11(2)3)9-12-10-16-15-8-6-5-7-14(12)15/h4-8,10,13,16-17H,1-2,9H2,3H3. The van der Waals surface area contributed by atoms with Gasteiger partial charge in [0.25, 0.3) is 0 Å². The molecule has 2 aromatic rings. The molecule has 1 atom stereocenters. The van der Waals surface area contributed by atoms with Crippen molar-refractivity contribution in [1.82, 2.24) is 10.3 Å². The van der Waals surface area contributed by atoms with Gasteiger partial charge in [-0.1, -0.05) is 30.9 Å². The van der Waals surface area contributed by atoms with Crippen molar-refractivity contribution in [1.29, 1.82) is 0 Å². The van der Waals surface area contributed by atoms with Crippen LogP contribution in [0.1, 0.15) is 12.5 Å². The number of rotatable bonds is 5. The molecule has 1 unspecified atom stereocenters. The molecule has 88 valence electrons. The molecular weight excluding hydrogens is 208 g/mol. The number of H-pyrrole nitrogens is 1. The monoisotopic (exact) mass is 226 g/mol. The molecule has 1 heterocycles. The van der Waals surface area contributed by atoms with Crippen molar-refractivity contribution in [3.8, 4) is 0 Å². The normalized spacial score (nSPS) is 12.3. The molecular formula is C15H18N2. The maximum Gasteiger partial charge on any atom is 0.0479 e. The fourth-order valence-electron chi connectivity index (χ4n) is 2.05. The molecule has 1 aromatic heterocycles. The average molecular weight is 226 g/mol. The van der Waals surface area contributed by atoms with Gasteiger partial charge in [-0.25, -0.2) is 0 Å². The minimum absolute atomic E-state index is 0.228. The van der Waals surface area contributed by atoms with Crippen LogP contribution in [0.3, 0.4) is 0 Å². The van der Waals surface area contributed by atoms with E-state index in [0.717, 1.165) is 12.1 Å². The van der Waals surface area contributed by atoms with Crippen molar-refractivity contribution in [2.45, 2.75) is 19.4 Å². The van der Waals surface area contributed by atoms with Gasteiger partial charge in [0.05, 0.1) is 0 Å². The highest BCUT2D eigenvalue weighted by atomic mass is 14.9. The van der Waals surface area contributed by atoms with Crippen LogP contribution < -0.4 is 5.32 Å². The quantitative estimate of drug-likeness (QED) is 0.751. The molecule has 2 nitrogen and oxygen atoms in total. The van der Waals surface area contributed by atoms with Gasteiger partial charge >= 0.3 is 0 Å². The summed E-state index contributed by atoms with van der Waals surface area (Å²) in [6, 6.07) is 8.57. The molecule has 0 saturated carbocycles. The summed E-state index contributed by atoms with van der Waals surface area (Å²) in [6.45, 7) is 9.69. The third-order valence-corrected chi connectivity index (χ3v) is 2.83. The Morgan fingerprint density at radius 1 is 1.47 bits per heavy atom. The van der Waals surface area contributed by atoms with Gasteiger partial charge in [-0.15, -0.1) is 6.58 Å². The molecule has 0 radical (unpaired) electrons. The SMILES string of the molecule is C=CC(Cc1c[nH]c2ccccc12)NC(=C)C. The van der Waals surface area contributed by atoms with E-state index in [4.69, 9.17) is 0 Å². The van der Waals surface area contributed by atoms with E-state index in [1.165, 1.54) is 16.5 Å². The molecule has 0 spiro atoms. The number of hydrogen-bond acceptors (Lipinski definition) is 1. The van der Waals surface area contributed by atoms with Gasteiger partial charge in [0.15, 0.2) is 0 Å². The second-order valence-corrected chi connectivity index (χ2v) is 4.33. The van der Waals surface area contributed by atoms with E-state index in [2.05, 4.69) is 47.9 Å². The Morgan fingerprint density at radius 3 is 2.94 bits per heavy atom. The maximum atomic E-state index is 3.87. The molecule has 0 aliphatic heterocycles. The lowest BCUT2D eigenvalue weighted by Gasteiger charge is -2.15. The predicted molar refractivity (Wildman–Crippen MR) is 73.9 cm³/mol. The van der Waals surface area contributed by atoms with E-state index < -0.39 is 0 Å². The summed E-state index contributed by atoms with van der Waals surface area (Å²) in [5, 5.41) is 4.59. The van der Waals surface area contributed by atoms with Crippen LogP contribution in [0.4, 0.5) is 0 Å². The Hall–Kier alpha value is -1.96. The van der Waals surface area contributed by atoms with Gasteiger partial charge in [0.1, 0.15) is 0 Å².